The molecule has 0 aliphatic rings. The highest BCUT2D eigenvalue weighted by Crippen LogP contribution is 2.21. The van der Waals surface area contributed by atoms with E-state index in [9.17, 15) is 9.90 Å². The molecule has 0 bridgehead atoms. The third kappa shape index (κ3) is 4.37. The Morgan fingerprint density at radius 1 is 1.12 bits per heavy atom. The predicted octanol–water partition coefficient (Wildman–Crippen LogP) is 4.59. The second-order valence-corrected chi connectivity index (χ2v) is 7.44. The Morgan fingerprint density at radius 3 is 2.66 bits per heavy atom. The fourth-order valence-electron chi connectivity index (χ4n) is 3.57. The summed E-state index contributed by atoms with van der Waals surface area (Å²) in [6.07, 6.45) is 4.68. The first-order chi connectivity index (χ1) is 15.6. The maximum atomic E-state index is 12.3. The molecule has 6 nitrogen and oxygen atoms in total. The number of carbonyl (C=O) groups excluding carboxylic acids is 1. The van der Waals surface area contributed by atoms with Gasteiger partial charge in [-0.25, -0.2) is 5.43 Å². The molecule has 0 aliphatic heterocycles. The normalized spacial score (nSPS) is 11.0. The standard InChI is InChI=1S/C26H22N4O2/c1-2-18-6-8-19(9-7-18)17-30-13-12-23-21(4-3-5-24(23)30)16-28-29-26(32)20-10-11-25(31)22(14-20)15-27/h3-14,16,31H,2,17H2,1H3,(H,29,32). The van der Waals surface area contributed by atoms with Gasteiger partial charge in [0.05, 0.1) is 11.8 Å². The average molecular weight is 422 g/mol. The quantitative estimate of drug-likeness (QED) is 0.352. The second kappa shape index (κ2) is 9.19. The number of hydrazone groups is 1. The topological polar surface area (TPSA) is 90.4 Å². The van der Waals surface area contributed by atoms with Crippen molar-refractivity contribution in [3.05, 3.63) is 101 Å². The van der Waals surface area contributed by atoms with Gasteiger partial charge in [0, 0.05) is 34.8 Å². The molecule has 0 fully saturated rings. The van der Waals surface area contributed by atoms with Gasteiger partial charge in [0.1, 0.15) is 11.8 Å². The van der Waals surface area contributed by atoms with Crippen LogP contribution in [0.15, 0.2) is 78.0 Å². The lowest BCUT2D eigenvalue weighted by Crippen LogP contribution is -2.17. The number of benzene rings is 3. The van der Waals surface area contributed by atoms with Crippen LogP contribution in [0.5, 0.6) is 5.75 Å². The zero-order valence-electron chi connectivity index (χ0n) is 17.6. The summed E-state index contributed by atoms with van der Waals surface area (Å²) < 4.78 is 2.19. The Hall–Kier alpha value is -4.37. The highest BCUT2D eigenvalue weighted by molar-refractivity contribution is 6.00. The second-order valence-electron chi connectivity index (χ2n) is 7.44. The highest BCUT2D eigenvalue weighted by atomic mass is 16.3. The van der Waals surface area contributed by atoms with E-state index in [-0.39, 0.29) is 16.9 Å². The number of carbonyl (C=O) groups is 1. The van der Waals surface area contributed by atoms with Crippen molar-refractivity contribution < 1.29 is 9.90 Å². The highest BCUT2D eigenvalue weighted by Gasteiger charge is 2.09. The van der Waals surface area contributed by atoms with Crippen LogP contribution in [-0.2, 0) is 13.0 Å². The lowest BCUT2D eigenvalue weighted by molar-refractivity contribution is 0.0955. The van der Waals surface area contributed by atoms with Crippen LogP contribution in [-0.4, -0.2) is 21.8 Å². The molecule has 1 amide bonds. The number of hydrogen-bond acceptors (Lipinski definition) is 4. The van der Waals surface area contributed by atoms with Gasteiger partial charge in [0.15, 0.2) is 0 Å². The Kier molecular flexibility index (Phi) is 6.00. The maximum absolute atomic E-state index is 12.3. The number of aryl methyl sites for hydroxylation is 1. The number of aromatic nitrogens is 1. The summed E-state index contributed by atoms with van der Waals surface area (Å²) in [6.45, 7) is 2.92. The molecular formula is C26H22N4O2. The van der Waals surface area contributed by atoms with Crippen LogP contribution in [0.1, 0.15) is 39.5 Å². The molecule has 0 radical (unpaired) electrons. The number of phenolic OH excluding ortho intramolecular Hbond substituents is 1. The maximum Gasteiger partial charge on any atom is 0.271 e. The molecule has 158 valence electrons. The van der Waals surface area contributed by atoms with Crippen LogP contribution >= 0.6 is 0 Å². The zero-order valence-corrected chi connectivity index (χ0v) is 17.6. The van der Waals surface area contributed by atoms with Crippen molar-refractivity contribution in [1.82, 2.24) is 9.99 Å². The third-order valence-corrected chi connectivity index (χ3v) is 5.38. The number of fused-ring (bicyclic) bond motifs is 1. The van der Waals surface area contributed by atoms with E-state index in [2.05, 4.69) is 52.3 Å². The molecule has 4 aromatic rings. The van der Waals surface area contributed by atoms with Crippen molar-refractivity contribution in [2.24, 2.45) is 5.10 Å². The van der Waals surface area contributed by atoms with Crippen LogP contribution in [0.25, 0.3) is 10.9 Å². The first-order valence-corrected chi connectivity index (χ1v) is 10.3. The van der Waals surface area contributed by atoms with Gasteiger partial charge < -0.3 is 9.67 Å². The molecule has 0 aliphatic carbocycles. The Morgan fingerprint density at radius 2 is 1.91 bits per heavy atom. The summed E-state index contributed by atoms with van der Waals surface area (Å²) in [5.41, 5.74) is 7.27. The fraction of sp³-hybridized carbons (Fsp3) is 0.115. The minimum absolute atomic E-state index is 0.0390. The minimum Gasteiger partial charge on any atom is -0.507 e. The lowest BCUT2D eigenvalue weighted by Gasteiger charge is -2.07. The van der Waals surface area contributed by atoms with E-state index < -0.39 is 5.91 Å². The summed E-state index contributed by atoms with van der Waals surface area (Å²) in [5, 5.41) is 23.7. The molecule has 1 aromatic heterocycles. The van der Waals surface area contributed by atoms with Gasteiger partial charge in [-0.2, -0.15) is 10.4 Å². The van der Waals surface area contributed by atoms with Crippen molar-refractivity contribution in [2.75, 3.05) is 0 Å². The van der Waals surface area contributed by atoms with Crippen LogP contribution < -0.4 is 5.43 Å². The van der Waals surface area contributed by atoms with Crippen LogP contribution in [0.2, 0.25) is 0 Å². The Balaban J connectivity index is 1.50. The molecule has 32 heavy (non-hydrogen) atoms. The number of nitrogens with zero attached hydrogens (tertiary/aromatic N) is 3. The van der Waals surface area contributed by atoms with E-state index in [1.165, 1.54) is 29.3 Å². The predicted molar refractivity (Wildman–Crippen MR) is 125 cm³/mol. The molecule has 2 N–H and O–H groups in total. The number of nitriles is 1. The van der Waals surface area contributed by atoms with E-state index in [0.29, 0.717) is 0 Å². The van der Waals surface area contributed by atoms with E-state index in [1.54, 1.807) is 6.21 Å². The van der Waals surface area contributed by atoms with Crippen molar-refractivity contribution in [1.29, 1.82) is 5.26 Å². The molecule has 0 saturated carbocycles. The van der Waals surface area contributed by atoms with E-state index in [0.717, 1.165) is 29.4 Å². The number of hydrogen-bond donors (Lipinski definition) is 2. The first-order valence-electron chi connectivity index (χ1n) is 10.3. The molecule has 0 unspecified atom stereocenters. The molecule has 0 saturated heterocycles. The monoisotopic (exact) mass is 422 g/mol. The SMILES string of the molecule is CCc1ccc(Cn2ccc3c(C=NNC(=O)c4ccc(O)c(C#N)c4)cccc32)cc1. The molecule has 1 heterocycles. The zero-order chi connectivity index (χ0) is 22.5. The lowest BCUT2D eigenvalue weighted by atomic mass is 10.1. The summed E-state index contributed by atoms with van der Waals surface area (Å²) in [5.74, 6) is -0.622. The molecule has 0 atom stereocenters. The average Bonchev–Trinajstić information content (AvgIpc) is 3.23. The Labute approximate surface area is 186 Å². The summed E-state index contributed by atoms with van der Waals surface area (Å²) in [7, 11) is 0. The molecule has 3 aromatic carbocycles. The number of nitrogens with one attached hydrogen (secondary N) is 1. The van der Waals surface area contributed by atoms with Gasteiger partial charge in [-0.05, 0) is 47.9 Å². The van der Waals surface area contributed by atoms with Crippen molar-refractivity contribution in [2.45, 2.75) is 19.9 Å². The van der Waals surface area contributed by atoms with Gasteiger partial charge in [-0.1, -0.05) is 43.3 Å². The van der Waals surface area contributed by atoms with Crippen LogP contribution in [0.4, 0.5) is 0 Å². The fourth-order valence-corrected chi connectivity index (χ4v) is 3.57. The van der Waals surface area contributed by atoms with Crippen molar-refractivity contribution in [3.63, 3.8) is 0 Å². The third-order valence-electron chi connectivity index (χ3n) is 5.38. The number of phenols is 1. The van der Waals surface area contributed by atoms with Crippen molar-refractivity contribution in [3.8, 4) is 11.8 Å². The summed E-state index contributed by atoms with van der Waals surface area (Å²) in [4.78, 5) is 12.3. The number of amides is 1. The van der Waals surface area contributed by atoms with Gasteiger partial charge in [0.2, 0.25) is 0 Å². The van der Waals surface area contributed by atoms with E-state index in [1.807, 2.05) is 30.5 Å². The molecule has 0 spiro atoms. The number of rotatable bonds is 6. The molecular weight excluding hydrogens is 400 g/mol. The largest absolute Gasteiger partial charge is 0.507 e. The first kappa shape index (κ1) is 20.9. The smallest absolute Gasteiger partial charge is 0.271 e. The van der Waals surface area contributed by atoms with E-state index >= 15 is 0 Å². The minimum atomic E-state index is -0.460. The molecule has 4 rings (SSSR count). The molecule has 6 heteroatoms. The summed E-state index contributed by atoms with van der Waals surface area (Å²) >= 11 is 0. The summed E-state index contributed by atoms with van der Waals surface area (Å²) in [6, 6.07) is 22.6. The van der Waals surface area contributed by atoms with Gasteiger partial charge in [-0.3, -0.25) is 4.79 Å². The van der Waals surface area contributed by atoms with E-state index in [4.69, 9.17) is 5.26 Å². The van der Waals surface area contributed by atoms with Gasteiger partial charge >= 0.3 is 0 Å². The Bertz CT molecular complexity index is 1340. The van der Waals surface area contributed by atoms with Crippen molar-refractivity contribution >= 4 is 23.0 Å². The van der Waals surface area contributed by atoms with Crippen LogP contribution in [0.3, 0.4) is 0 Å². The van der Waals surface area contributed by atoms with Gasteiger partial charge in [-0.15, -0.1) is 0 Å². The van der Waals surface area contributed by atoms with Gasteiger partial charge in [0.25, 0.3) is 5.91 Å². The number of aromatic hydroxyl groups is 1. The van der Waals surface area contributed by atoms with Crippen LogP contribution in [0, 0.1) is 11.3 Å².